The molecule has 160 valence electrons. The third-order valence-electron chi connectivity index (χ3n) is 4.25. The van der Waals surface area contributed by atoms with Crippen LogP contribution in [0.3, 0.4) is 0 Å². The Hall–Kier alpha value is -3.60. The van der Waals surface area contributed by atoms with Crippen LogP contribution in [0.5, 0.6) is 16.8 Å². The van der Waals surface area contributed by atoms with Gasteiger partial charge in [-0.1, -0.05) is 11.3 Å². The molecule has 0 aliphatic rings. The molecule has 11 heteroatoms. The lowest BCUT2D eigenvalue weighted by Gasteiger charge is -2.11. The molecule has 0 N–H and O–H groups in total. The zero-order valence-electron chi connectivity index (χ0n) is 16.4. The molecule has 4 rings (SSSR count). The van der Waals surface area contributed by atoms with Gasteiger partial charge in [0, 0.05) is 6.07 Å². The van der Waals surface area contributed by atoms with E-state index in [2.05, 4.69) is 19.9 Å². The van der Waals surface area contributed by atoms with Crippen molar-refractivity contribution in [3.8, 4) is 33.8 Å². The summed E-state index contributed by atoms with van der Waals surface area (Å²) < 4.78 is 41.9. The average Bonchev–Trinajstić information content (AvgIpc) is 3.16. The second-order valence-electron chi connectivity index (χ2n) is 6.13. The molecule has 0 spiro atoms. The smallest absolute Gasteiger partial charge is 0.387 e. The van der Waals surface area contributed by atoms with Crippen LogP contribution < -0.4 is 19.8 Å². The highest BCUT2D eigenvalue weighted by atomic mass is 32.1. The van der Waals surface area contributed by atoms with Crippen LogP contribution in [0.4, 0.5) is 8.78 Å². The first kappa shape index (κ1) is 20.7. The van der Waals surface area contributed by atoms with E-state index in [4.69, 9.17) is 9.47 Å². The molecule has 0 saturated heterocycles. The Balaban J connectivity index is 1.90. The molecule has 0 aliphatic heterocycles. The second kappa shape index (κ2) is 8.64. The first-order valence-corrected chi connectivity index (χ1v) is 9.94. The molecular weight excluding hydrogens is 430 g/mol. The van der Waals surface area contributed by atoms with Crippen LogP contribution in [0, 0.1) is 0 Å². The maximum atomic E-state index is 13.4. The number of aromatic nitrogens is 4. The molecule has 0 bridgehead atoms. The molecule has 31 heavy (non-hydrogen) atoms. The molecule has 4 aromatic rings. The number of methoxy groups -OCH3 is 1. The number of ether oxygens (including phenoxy) is 3. The molecule has 3 aromatic heterocycles. The van der Waals surface area contributed by atoms with E-state index in [-0.39, 0.29) is 5.75 Å². The topological polar surface area (TPSA) is 88.4 Å². The van der Waals surface area contributed by atoms with E-state index < -0.39 is 12.2 Å². The summed E-state index contributed by atoms with van der Waals surface area (Å²) in [5.41, 5.74) is 1.05. The maximum Gasteiger partial charge on any atom is 0.387 e. The minimum atomic E-state index is -2.94. The molecule has 0 atom stereocenters. The minimum Gasteiger partial charge on any atom is -0.480 e. The van der Waals surface area contributed by atoms with Gasteiger partial charge in [-0.3, -0.25) is 9.36 Å². The van der Waals surface area contributed by atoms with E-state index in [1.165, 1.54) is 47.3 Å². The van der Waals surface area contributed by atoms with Gasteiger partial charge < -0.3 is 14.2 Å². The van der Waals surface area contributed by atoms with Gasteiger partial charge in [-0.05, 0) is 43.3 Å². The summed E-state index contributed by atoms with van der Waals surface area (Å²) in [6.07, 6.45) is 0. The quantitative estimate of drug-likeness (QED) is 0.425. The van der Waals surface area contributed by atoms with E-state index in [1.807, 2.05) is 6.92 Å². The predicted octanol–water partition coefficient (Wildman–Crippen LogP) is 3.91. The van der Waals surface area contributed by atoms with Crippen LogP contribution in [-0.4, -0.2) is 40.1 Å². The average molecular weight is 446 g/mol. The molecular formula is C20H16F2N4O4S. The molecule has 1 aromatic carbocycles. The van der Waals surface area contributed by atoms with Crippen molar-refractivity contribution in [2.75, 3.05) is 13.7 Å². The fourth-order valence-electron chi connectivity index (χ4n) is 2.93. The van der Waals surface area contributed by atoms with Crippen molar-refractivity contribution < 1.29 is 23.0 Å². The SMILES string of the molecule is CCOc1nc2c(cc(-c3ccc(OC)nn3)c(=O)n2-c2ccc(OC(F)F)cc2)s1. The number of rotatable bonds is 7. The molecule has 8 nitrogen and oxygen atoms in total. The normalized spacial score (nSPS) is 11.1. The molecule has 0 amide bonds. The van der Waals surface area contributed by atoms with Gasteiger partial charge in [-0.15, -0.1) is 10.2 Å². The summed E-state index contributed by atoms with van der Waals surface area (Å²) in [5, 5.41) is 8.40. The van der Waals surface area contributed by atoms with Crippen molar-refractivity contribution in [2.24, 2.45) is 0 Å². The van der Waals surface area contributed by atoms with Crippen LogP contribution in [0.1, 0.15) is 6.92 Å². The molecule has 0 saturated carbocycles. The summed E-state index contributed by atoms with van der Waals surface area (Å²) in [5.74, 6) is 0.296. The zero-order chi connectivity index (χ0) is 22.0. The van der Waals surface area contributed by atoms with Crippen LogP contribution >= 0.6 is 11.3 Å². The molecule has 0 fully saturated rings. The molecule has 0 aliphatic carbocycles. The third kappa shape index (κ3) is 4.17. The highest BCUT2D eigenvalue weighted by molar-refractivity contribution is 7.20. The lowest BCUT2D eigenvalue weighted by molar-refractivity contribution is -0.0498. The zero-order valence-corrected chi connectivity index (χ0v) is 17.2. The summed E-state index contributed by atoms with van der Waals surface area (Å²) in [4.78, 5) is 17.8. The van der Waals surface area contributed by atoms with E-state index in [0.29, 0.717) is 45.0 Å². The number of hydrogen-bond donors (Lipinski definition) is 0. The van der Waals surface area contributed by atoms with Crippen LogP contribution in [0.15, 0.2) is 47.3 Å². The standard InChI is InChI=1S/C20H16F2N4O4S/c1-3-29-20-23-17-15(31-20)10-13(14-8-9-16(28-2)25-24-14)18(27)26(17)11-4-6-12(7-5-11)30-19(21)22/h4-10,19H,3H2,1-2H3. The lowest BCUT2D eigenvalue weighted by atomic mass is 10.2. The number of fused-ring (bicyclic) bond motifs is 1. The van der Waals surface area contributed by atoms with Crippen molar-refractivity contribution in [3.63, 3.8) is 0 Å². The van der Waals surface area contributed by atoms with Gasteiger partial charge in [0.2, 0.25) is 5.88 Å². The number of alkyl halides is 2. The Morgan fingerprint density at radius 1 is 1.13 bits per heavy atom. The largest absolute Gasteiger partial charge is 0.480 e. The van der Waals surface area contributed by atoms with Crippen LogP contribution in [0.25, 0.3) is 27.3 Å². The molecule has 0 unspecified atom stereocenters. The number of hydrogen-bond acceptors (Lipinski definition) is 8. The van der Waals surface area contributed by atoms with Crippen molar-refractivity contribution in [3.05, 3.63) is 52.8 Å². The Morgan fingerprint density at radius 3 is 2.52 bits per heavy atom. The van der Waals surface area contributed by atoms with Crippen LogP contribution in [0.2, 0.25) is 0 Å². The number of pyridine rings is 1. The maximum absolute atomic E-state index is 13.4. The summed E-state index contributed by atoms with van der Waals surface area (Å²) in [6, 6.07) is 10.6. The van der Waals surface area contributed by atoms with E-state index in [1.54, 1.807) is 18.2 Å². The van der Waals surface area contributed by atoms with Crippen molar-refractivity contribution >= 4 is 21.7 Å². The number of benzene rings is 1. The Morgan fingerprint density at radius 2 is 1.90 bits per heavy atom. The third-order valence-corrected chi connectivity index (χ3v) is 5.15. The van der Waals surface area contributed by atoms with Crippen molar-refractivity contribution in [2.45, 2.75) is 13.5 Å². The summed E-state index contributed by atoms with van der Waals surface area (Å²) in [6.45, 7) is -0.690. The molecule has 3 heterocycles. The fraction of sp³-hybridized carbons (Fsp3) is 0.200. The Bertz CT molecular complexity index is 1260. The first-order valence-electron chi connectivity index (χ1n) is 9.13. The number of thiazole rings is 1. The van der Waals surface area contributed by atoms with Gasteiger partial charge in [0.15, 0.2) is 5.65 Å². The number of halogens is 2. The van der Waals surface area contributed by atoms with Crippen molar-refractivity contribution in [1.82, 2.24) is 19.7 Å². The number of nitrogens with zero attached hydrogens (tertiary/aromatic N) is 4. The second-order valence-corrected chi connectivity index (χ2v) is 7.13. The van der Waals surface area contributed by atoms with Gasteiger partial charge in [-0.2, -0.15) is 13.8 Å². The Labute approximate surface area is 178 Å². The highest BCUT2D eigenvalue weighted by Crippen LogP contribution is 2.31. The van der Waals surface area contributed by atoms with Gasteiger partial charge in [-0.25, -0.2) is 0 Å². The molecule has 0 radical (unpaired) electrons. The Kier molecular flexibility index (Phi) is 5.76. The van der Waals surface area contributed by atoms with E-state index in [0.717, 1.165) is 0 Å². The van der Waals surface area contributed by atoms with Gasteiger partial charge in [0.1, 0.15) is 5.75 Å². The monoisotopic (exact) mass is 446 g/mol. The van der Waals surface area contributed by atoms with Gasteiger partial charge in [0.05, 0.1) is 35.4 Å². The minimum absolute atomic E-state index is 0.0199. The van der Waals surface area contributed by atoms with E-state index >= 15 is 0 Å². The van der Waals surface area contributed by atoms with Crippen molar-refractivity contribution in [1.29, 1.82) is 0 Å². The van der Waals surface area contributed by atoms with E-state index in [9.17, 15) is 13.6 Å². The lowest BCUT2D eigenvalue weighted by Crippen LogP contribution is -2.21. The highest BCUT2D eigenvalue weighted by Gasteiger charge is 2.18. The van der Waals surface area contributed by atoms with Gasteiger partial charge >= 0.3 is 6.61 Å². The summed E-state index contributed by atoms with van der Waals surface area (Å²) >= 11 is 1.28. The summed E-state index contributed by atoms with van der Waals surface area (Å²) in [7, 11) is 1.47. The first-order chi connectivity index (χ1) is 15.0. The van der Waals surface area contributed by atoms with Crippen LogP contribution in [-0.2, 0) is 0 Å². The predicted molar refractivity (Wildman–Crippen MR) is 111 cm³/mol. The van der Waals surface area contributed by atoms with Gasteiger partial charge in [0.25, 0.3) is 10.8 Å². The fourth-order valence-corrected chi connectivity index (χ4v) is 3.83.